The van der Waals surface area contributed by atoms with Crippen LogP contribution in [0.4, 0.5) is 0 Å². The zero-order chi connectivity index (χ0) is 32.4. The Morgan fingerprint density at radius 3 is 1.82 bits per heavy atom. The lowest BCUT2D eigenvalue weighted by molar-refractivity contribution is -0.0695. The Hall–Kier alpha value is -0.559. The van der Waals surface area contributed by atoms with E-state index in [0.717, 1.165) is 12.8 Å². The topological polar surface area (TPSA) is 18.5 Å². The molecule has 5 unspecified atom stereocenters. The SMILES string of the molecule is CCC1O[Si](C)(C)CCC[Si](CC)(CCCP(c2ccccc2)c2ccccc2)CCC[Si](C)(C)OC(C)(C(C)CC)C1C. The molecule has 0 spiro atoms. The average molecular weight is 671 g/mol. The molecule has 0 aromatic heterocycles. The van der Waals surface area contributed by atoms with Crippen LogP contribution in [0, 0.1) is 11.8 Å². The fourth-order valence-corrected chi connectivity index (χ4v) is 21.0. The smallest absolute Gasteiger partial charge is 0.187 e. The van der Waals surface area contributed by atoms with Crippen molar-refractivity contribution in [2.45, 2.75) is 148 Å². The molecule has 6 heteroatoms. The van der Waals surface area contributed by atoms with Gasteiger partial charge in [-0.25, -0.2) is 0 Å². The van der Waals surface area contributed by atoms with Crippen LogP contribution in [0.2, 0.25) is 62.5 Å². The summed E-state index contributed by atoms with van der Waals surface area (Å²) in [5.41, 5.74) is -0.134. The quantitative estimate of drug-likeness (QED) is 0.185. The van der Waals surface area contributed by atoms with Crippen LogP contribution in [-0.4, -0.2) is 42.6 Å². The standard InChI is InChI=1S/C38H67O2PSi3/c1-11-33(4)38(6)34(5)37(12-2)39-42(7,8)28-21-31-44(13-3,32-22-29-43(9,10)40-38)30-20-27-41(35-23-16-14-17-24-35)36-25-18-15-19-26-36/h14-19,23-26,33-34,37H,11-13,20-22,27-32H2,1-10H3. The Kier molecular flexibility index (Phi) is 14.7. The van der Waals surface area contributed by atoms with Crippen molar-refractivity contribution in [1.29, 1.82) is 0 Å². The summed E-state index contributed by atoms with van der Waals surface area (Å²) in [4.78, 5) is 0. The van der Waals surface area contributed by atoms with Crippen molar-refractivity contribution >= 4 is 43.2 Å². The highest BCUT2D eigenvalue weighted by Gasteiger charge is 2.46. The fraction of sp³-hybridized carbons (Fsp3) is 0.684. The third-order valence-corrected chi connectivity index (χ3v) is 24.8. The lowest BCUT2D eigenvalue weighted by Crippen LogP contribution is -2.55. The molecule has 1 aliphatic heterocycles. The van der Waals surface area contributed by atoms with Crippen LogP contribution in [-0.2, 0) is 8.85 Å². The van der Waals surface area contributed by atoms with Crippen LogP contribution in [0.15, 0.2) is 60.7 Å². The first-order valence-corrected chi connectivity index (χ1v) is 28.6. The highest BCUT2D eigenvalue weighted by molar-refractivity contribution is 7.73. The highest BCUT2D eigenvalue weighted by Crippen LogP contribution is 2.43. The summed E-state index contributed by atoms with van der Waals surface area (Å²) in [7, 11) is -5.38. The molecular formula is C38H67O2PSi3. The third kappa shape index (κ3) is 10.5. The van der Waals surface area contributed by atoms with Crippen LogP contribution in [0.3, 0.4) is 0 Å². The van der Waals surface area contributed by atoms with E-state index in [1.807, 2.05) is 0 Å². The first-order chi connectivity index (χ1) is 20.8. The molecule has 1 aliphatic rings. The summed E-state index contributed by atoms with van der Waals surface area (Å²) in [6.45, 7) is 24.5. The second-order valence-electron chi connectivity index (χ2n) is 15.5. The molecule has 1 saturated heterocycles. The minimum atomic E-state index is -1.86. The molecule has 0 amide bonds. The second-order valence-corrected chi connectivity index (χ2v) is 31.5. The van der Waals surface area contributed by atoms with Crippen molar-refractivity contribution in [2.24, 2.45) is 11.8 Å². The van der Waals surface area contributed by atoms with Crippen LogP contribution in [0.5, 0.6) is 0 Å². The van der Waals surface area contributed by atoms with Crippen molar-refractivity contribution in [2.75, 3.05) is 6.16 Å². The van der Waals surface area contributed by atoms with Gasteiger partial charge in [-0.15, -0.1) is 0 Å². The van der Waals surface area contributed by atoms with Crippen LogP contribution >= 0.6 is 7.92 Å². The van der Waals surface area contributed by atoms with Crippen molar-refractivity contribution in [3.8, 4) is 0 Å². The van der Waals surface area contributed by atoms with Crippen LogP contribution in [0.1, 0.15) is 73.6 Å². The number of rotatable bonds is 10. The lowest BCUT2D eigenvalue weighted by atomic mass is 9.76. The van der Waals surface area contributed by atoms with E-state index in [2.05, 4.69) is 128 Å². The van der Waals surface area contributed by atoms with Gasteiger partial charge in [0.2, 0.25) is 0 Å². The van der Waals surface area contributed by atoms with Gasteiger partial charge in [-0.2, -0.15) is 0 Å². The Bertz CT molecular complexity index is 1060. The molecule has 1 heterocycles. The molecule has 0 N–H and O–H groups in total. The van der Waals surface area contributed by atoms with Crippen molar-refractivity contribution < 1.29 is 8.85 Å². The molecule has 2 nitrogen and oxygen atoms in total. The maximum absolute atomic E-state index is 7.44. The summed E-state index contributed by atoms with van der Waals surface area (Å²) in [5.74, 6) is 0.921. The van der Waals surface area contributed by atoms with Gasteiger partial charge in [-0.3, -0.25) is 0 Å². The van der Waals surface area contributed by atoms with Gasteiger partial charge in [-0.1, -0.05) is 145 Å². The Labute approximate surface area is 277 Å². The van der Waals surface area contributed by atoms with E-state index in [1.54, 1.807) is 0 Å². The molecule has 0 saturated carbocycles. The molecule has 248 valence electrons. The van der Waals surface area contributed by atoms with Crippen LogP contribution < -0.4 is 10.6 Å². The minimum absolute atomic E-state index is 0.134. The fourth-order valence-electron chi connectivity index (χ4n) is 7.99. The van der Waals surface area contributed by atoms with Gasteiger partial charge in [0, 0.05) is 5.92 Å². The van der Waals surface area contributed by atoms with Crippen molar-refractivity contribution in [1.82, 2.24) is 0 Å². The Morgan fingerprint density at radius 2 is 1.34 bits per heavy atom. The predicted molar refractivity (Wildman–Crippen MR) is 206 cm³/mol. The van der Waals surface area contributed by atoms with E-state index in [1.165, 1.54) is 72.3 Å². The highest BCUT2D eigenvalue weighted by atomic mass is 31.1. The monoisotopic (exact) mass is 670 g/mol. The van der Waals surface area contributed by atoms with E-state index in [-0.39, 0.29) is 19.6 Å². The normalized spacial score (nSPS) is 29.2. The summed E-state index contributed by atoms with van der Waals surface area (Å²) in [6.07, 6.45) is 7.94. The first-order valence-electron chi connectivity index (χ1n) is 18.1. The Balaban J connectivity index is 1.84. The van der Waals surface area contributed by atoms with Gasteiger partial charge in [-0.05, 0) is 82.2 Å². The van der Waals surface area contributed by atoms with E-state index < -0.39 is 24.7 Å². The maximum Gasteiger partial charge on any atom is 0.187 e. The molecule has 2 aromatic rings. The maximum atomic E-state index is 7.44. The summed E-state index contributed by atoms with van der Waals surface area (Å²) < 4.78 is 14.6. The predicted octanol–water partition coefficient (Wildman–Crippen LogP) is 11.4. The largest absolute Gasteiger partial charge is 0.414 e. The molecule has 3 rings (SSSR count). The molecule has 0 radical (unpaired) electrons. The van der Waals surface area contributed by atoms with Gasteiger partial charge in [0.15, 0.2) is 16.6 Å². The van der Waals surface area contributed by atoms with Gasteiger partial charge < -0.3 is 8.85 Å². The second kappa shape index (κ2) is 17.0. The van der Waals surface area contributed by atoms with E-state index in [4.69, 9.17) is 8.85 Å². The van der Waals surface area contributed by atoms with Crippen molar-refractivity contribution in [3.05, 3.63) is 60.7 Å². The zero-order valence-corrected chi connectivity index (χ0v) is 34.1. The zero-order valence-electron chi connectivity index (χ0n) is 30.3. The van der Waals surface area contributed by atoms with Gasteiger partial charge in [0.1, 0.15) is 0 Å². The third-order valence-electron chi connectivity index (χ3n) is 11.4. The number of benzene rings is 2. The van der Waals surface area contributed by atoms with Crippen molar-refractivity contribution in [3.63, 3.8) is 0 Å². The van der Waals surface area contributed by atoms with Gasteiger partial charge in [0.05, 0.1) is 19.8 Å². The van der Waals surface area contributed by atoms with E-state index in [0.29, 0.717) is 11.8 Å². The van der Waals surface area contributed by atoms with E-state index in [9.17, 15) is 0 Å². The summed E-state index contributed by atoms with van der Waals surface area (Å²) in [6, 6.07) is 31.1. The van der Waals surface area contributed by atoms with Gasteiger partial charge in [0.25, 0.3) is 0 Å². The lowest BCUT2D eigenvalue weighted by Gasteiger charge is -2.49. The minimum Gasteiger partial charge on any atom is -0.414 e. The average Bonchev–Trinajstić information content (AvgIpc) is 3.00. The summed E-state index contributed by atoms with van der Waals surface area (Å²) >= 11 is 0. The van der Waals surface area contributed by atoms with E-state index >= 15 is 0 Å². The summed E-state index contributed by atoms with van der Waals surface area (Å²) in [5, 5.41) is 3.07. The molecule has 0 aliphatic carbocycles. The Morgan fingerprint density at radius 1 is 0.818 bits per heavy atom. The first kappa shape index (κ1) is 37.9. The number of hydrogen-bond donors (Lipinski definition) is 0. The molecular weight excluding hydrogens is 604 g/mol. The molecule has 5 atom stereocenters. The number of hydrogen-bond acceptors (Lipinski definition) is 2. The molecule has 44 heavy (non-hydrogen) atoms. The van der Waals surface area contributed by atoms with Gasteiger partial charge >= 0.3 is 0 Å². The van der Waals surface area contributed by atoms with Crippen LogP contribution in [0.25, 0.3) is 0 Å². The molecule has 2 aromatic carbocycles. The molecule has 0 bridgehead atoms. The molecule has 1 fully saturated rings.